The number of benzene rings is 2. The number of para-hydroxylation sites is 1. The standard InChI is InChI=1S/C23H21FN4O2/c1-14-20-13-25-28(19-10-5-4-6-11-19)23(30)21(20)15(2)27(14)16(3)22(29)26-18-9-7-8-17(24)12-18/h4-13,16H,1-3H3,(H,26,29). The van der Waals surface area contributed by atoms with Gasteiger partial charge in [-0.25, -0.2) is 4.39 Å². The molecule has 1 unspecified atom stereocenters. The molecule has 6 nitrogen and oxygen atoms in total. The van der Waals surface area contributed by atoms with E-state index in [2.05, 4.69) is 10.4 Å². The topological polar surface area (TPSA) is 68.9 Å². The number of aromatic nitrogens is 3. The third-order valence-electron chi connectivity index (χ3n) is 5.31. The van der Waals surface area contributed by atoms with Gasteiger partial charge in [-0.3, -0.25) is 9.59 Å². The van der Waals surface area contributed by atoms with Crippen LogP contribution in [0.25, 0.3) is 16.5 Å². The average molecular weight is 404 g/mol. The van der Waals surface area contributed by atoms with Crippen LogP contribution >= 0.6 is 0 Å². The second-order valence-electron chi connectivity index (χ2n) is 7.20. The normalized spacial score (nSPS) is 12.1. The van der Waals surface area contributed by atoms with Crippen LogP contribution in [0.4, 0.5) is 10.1 Å². The van der Waals surface area contributed by atoms with Gasteiger partial charge < -0.3 is 9.88 Å². The SMILES string of the molecule is Cc1c2cnn(-c3ccccc3)c(=O)c2c(C)n1C(C)C(=O)Nc1cccc(F)c1. The number of nitrogens with one attached hydrogen (secondary N) is 1. The maximum atomic E-state index is 13.4. The lowest BCUT2D eigenvalue weighted by atomic mass is 10.2. The second kappa shape index (κ2) is 7.59. The van der Waals surface area contributed by atoms with Gasteiger partial charge in [0.2, 0.25) is 5.91 Å². The molecule has 2 aromatic heterocycles. The summed E-state index contributed by atoms with van der Waals surface area (Å²) in [5.74, 6) is -0.726. The number of hydrogen-bond donors (Lipinski definition) is 1. The van der Waals surface area contributed by atoms with Gasteiger partial charge in [-0.1, -0.05) is 24.3 Å². The number of aryl methyl sites for hydroxylation is 2. The summed E-state index contributed by atoms with van der Waals surface area (Å²) in [6.07, 6.45) is 1.65. The summed E-state index contributed by atoms with van der Waals surface area (Å²) in [6, 6.07) is 14.3. The predicted molar refractivity (Wildman–Crippen MR) is 115 cm³/mol. The van der Waals surface area contributed by atoms with E-state index in [9.17, 15) is 14.0 Å². The lowest BCUT2D eigenvalue weighted by Crippen LogP contribution is -2.25. The molecule has 2 heterocycles. The molecular weight excluding hydrogens is 383 g/mol. The van der Waals surface area contributed by atoms with Crippen molar-refractivity contribution in [2.24, 2.45) is 0 Å². The molecule has 4 aromatic rings. The molecule has 0 spiro atoms. The number of amides is 1. The van der Waals surface area contributed by atoms with Gasteiger partial charge in [0.25, 0.3) is 5.56 Å². The maximum absolute atomic E-state index is 13.4. The Morgan fingerprint density at radius 2 is 1.80 bits per heavy atom. The largest absolute Gasteiger partial charge is 0.336 e. The maximum Gasteiger partial charge on any atom is 0.281 e. The number of halogens is 1. The van der Waals surface area contributed by atoms with Crippen LogP contribution in [0.15, 0.2) is 65.6 Å². The first kappa shape index (κ1) is 19.6. The zero-order valence-corrected chi connectivity index (χ0v) is 16.9. The van der Waals surface area contributed by atoms with E-state index in [4.69, 9.17) is 0 Å². The number of hydrogen-bond acceptors (Lipinski definition) is 3. The van der Waals surface area contributed by atoms with E-state index in [1.54, 1.807) is 19.2 Å². The van der Waals surface area contributed by atoms with Crippen LogP contribution in [0.1, 0.15) is 24.4 Å². The Labute approximate surface area is 172 Å². The van der Waals surface area contributed by atoms with E-state index in [1.807, 2.05) is 48.7 Å². The minimum absolute atomic E-state index is 0.240. The molecule has 1 amide bonds. The highest BCUT2D eigenvalue weighted by Gasteiger charge is 2.23. The molecule has 0 saturated carbocycles. The summed E-state index contributed by atoms with van der Waals surface area (Å²) in [6.45, 7) is 5.42. The molecule has 0 aliphatic heterocycles. The molecule has 0 saturated heterocycles. The van der Waals surface area contributed by atoms with Gasteiger partial charge in [-0.05, 0) is 51.1 Å². The van der Waals surface area contributed by atoms with Crippen molar-refractivity contribution >= 4 is 22.4 Å². The van der Waals surface area contributed by atoms with Crippen LogP contribution in [0.5, 0.6) is 0 Å². The van der Waals surface area contributed by atoms with E-state index in [0.717, 1.165) is 5.69 Å². The van der Waals surface area contributed by atoms with E-state index in [1.165, 1.54) is 22.9 Å². The van der Waals surface area contributed by atoms with Gasteiger partial charge in [0.1, 0.15) is 11.9 Å². The van der Waals surface area contributed by atoms with Gasteiger partial charge >= 0.3 is 0 Å². The van der Waals surface area contributed by atoms with E-state index < -0.39 is 11.9 Å². The molecule has 1 atom stereocenters. The van der Waals surface area contributed by atoms with Crippen molar-refractivity contribution in [1.82, 2.24) is 14.3 Å². The van der Waals surface area contributed by atoms with E-state index in [0.29, 0.717) is 27.8 Å². The summed E-state index contributed by atoms with van der Waals surface area (Å²) in [4.78, 5) is 26.0. The van der Waals surface area contributed by atoms with Crippen LogP contribution in [0.2, 0.25) is 0 Å². The zero-order valence-electron chi connectivity index (χ0n) is 16.9. The highest BCUT2D eigenvalue weighted by Crippen LogP contribution is 2.27. The Kier molecular flexibility index (Phi) is 4.95. The van der Waals surface area contributed by atoms with Gasteiger partial charge in [-0.15, -0.1) is 0 Å². The molecule has 0 bridgehead atoms. The monoisotopic (exact) mass is 404 g/mol. The predicted octanol–water partition coefficient (Wildman–Crippen LogP) is 4.14. The molecular formula is C23H21FN4O2. The Balaban J connectivity index is 1.77. The Morgan fingerprint density at radius 1 is 1.07 bits per heavy atom. The number of carbonyl (C=O) groups excluding carboxylic acids is 1. The van der Waals surface area contributed by atoms with Crippen molar-refractivity contribution in [3.63, 3.8) is 0 Å². The smallest absolute Gasteiger partial charge is 0.281 e. The first-order valence-electron chi connectivity index (χ1n) is 9.59. The third-order valence-corrected chi connectivity index (χ3v) is 5.31. The zero-order chi connectivity index (χ0) is 21.4. The van der Waals surface area contributed by atoms with Crippen LogP contribution < -0.4 is 10.9 Å². The molecule has 4 rings (SSSR count). The van der Waals surface area contributed by atoms with Gasteiger partial charge in [0.05, 0.1) is 17.3 Å². The molecule has 0 radical (unpaired) electrons. The minimum Gasteiger partial charge on any atom is -0.336 e. The molecule has 152 valence electrons. The molecule has 7 heteroatoms. The van der Waals surface area contributed by atoms with Gasteiger partial charge in [0.15, 0.2) is 0 Å². The summed E-state index contributed by atoms with van der Waals surface area (Å²) < 4.78 is 16.6. The van der Waals surface area contributed by atoms with E-state index in [-0.39, 0.29) is 11.5 Å². The fourth-order valence-electron chi connectivity index (χ4n) is 3.84. The molecule has 1 N–H and O–H groups in total. The molecule has 0 aliphatic rings. The fourth-order valence-corrected chi connectivity index (χ4v) is 3.84. The van der Waals surface area contributed by atoms with Crippen molar-refractivity contribution in [1.29, 1.82) is 0 Å². The molecule has 30 heavy (non-hydrogen) atoms. The highest BCUT2D eigenvalue weighted by atomic mass is 19.1. The minimum atomic E-state index is -0.606. The van der Waals surface area contributed by atoms with Gasteiger partial charge in [-0.2, -0.15) is 9.78 Å². The second-order valence-corrected chi connectivity index (χ2v) is 7.20. The lowest BCUT2D eigenvalue weighted by molar-refractivity contribution is -0.118. The highest BCUT2D eigenvalue weighted by molar-refractivity contribution is 5.95. The van der Waals surface area contributed by atoms with Gasteiger partial charge in [0, 0.05) is 22.5 Å². The Bertz CT molecular complexity index is 1310. The lowest BCUT2D eigenvalue weighted by Gasteiger charge is -2.18. The van der Waals surface area contributed by atoms with Crippen molar-refractivity contribution in [2.45, 2.75) is 26.8 Å². The van der Waals surface area contributed by atoms with Crippen molar-refractivity contribution in [3.8, 4) is 5.69 Å². The first-order valence-corrected chi connectivity index (χ1v) is 9.59. The first-order chi connectivity index (χ1) is 14.4. The average Bonchev–Trinajstić information content (AvgIpc) is 2.99. The molecule has 0 aliphatic carbocycles. The quantitative estimate of drug-likeness (QED) is 0.556. The third kappa shape index (κ3) is 3.28. The van der Waals surface area contributed by atoms with Crippen LogP contribution in [-0.2, 0) is 4.79 Å². The van der Waals surface area contributed by atoms with Crippen molar-refractivity contribution in [2.75, 3.05) is 5.32 Å². The molecule has 2 aromatic carbocycles. The summed E-state index contributed by atoms with van der Waals surface area (Å²) in [7, 11) is 0. The Hall–Kier alpha value is -3.74. The number of fused-ring (bicyclic) bond motifs is 1. The summed E-state index contributed by atoms with van der Waals surface area (Å²) >= 11 is 0. The number of carbonyl (C=O) groups is 1. The fraction of sp³-hybridized carbons (Fsp3) is 0.174. The molecule has 0 fully saturated rings. The van der Waals surface area contributed by atoms with Crippen LogP contribution in [0.3, 0.4) is 0 Å². The number of anilines is 1. The van der Waals surface area contributed by atoms with Crippen molar-refractivity contribution in [3.05, 3.63) is 88.4 Å². The Morgan fingerprint density at radius 3 is 2.50 bits per heavy atom. The summed E-state index contributed by atoms with van der Waals surface area (Å²) in [5, 5.41) is 8.28. The number of nitrogens with zero attached hydrogens (tertiary/aromatic N) is 3. The number of rotatable bonds is 4. The van der Waals surface area contributed by atoms with Crippen LogP contribution in [-0.4, -0.2) is 20.3 Å². The summed E-state index contributed by atoms with van der Waals surface area (Å²) in [5.41, 5.74) is 2.27. The van der Waals surface area contributed by atoms with E-state index >= 15 is 0 Å². The van der Waals surface area contributed by atoms with Crippen LogP contribution in [0, 0.1) is 19.7 Å². The van der Waals surface area contributed by atoms with Crippen molar-refractivity contribution < 1.29 is 9.18 Å².